The van der Waals surface area contributed by atoms with Crippen LogP contribution < -0.4 is 14.2 Å². The number of fused-ring (bicyclic) bond motifs is 1. The third kappa shape index (κ3) is 6.20. The van der Waals surface area contributed by atoms with Gasteiger partial charge in [0, 0.05) is 0 Å². The summed E-state index contributed by atoms with van der Waals surface area (Å²) in [6, 6.07) is 14.3. The van der Waals surface area contributed by atoms with Crippen LogP contribution in [0.25, 0.3) is 6.08 Å². The number of rotatable bonds is 9. The lowest BCUT2D eigenvalue weighted by molar-refractivity contribution is -0.114. The molecule has 4 rings (SSSR count). The molecule has 1 N–H and O–H groups in total. The average molecular weight is 543 g/mol. The van der Waals surface area contributed by atoms with E-state index >= 15 is 0 Å². The Hall–Kier alpha value is -3.64. The highest BCUT2D eigenvalue weighted by Gasteiger charge is 2.39. The molecule has 0 atom stereocenters. The second kappa shape index (κ2) is 11.2. The molecular weight excluding hydrogens is 516 g/mol. The van der Waals surface area contributed by atoms with E-state index in [-0.39, 0.29) is 32.6 Å². The number of benzene rings is 2. The molecule has 0 radical (unpaired) electrons. The minimum absolute atomic E-state index is 0.00878. The van der Waals surface area contributed by atoms with Gasteiger partial charge in [-0.1, -0.05) is 38.1 Å². The van der Waals surface area contributed by atoms with Crippen molar-refractivity contribution < 1.29 is 27.4 Å². The number of nitrogens with one attached hydrogen (secondary N) is 1. The summed E-state index contributed by atoms with van der Waals surface area (Å²) in [5.41, 5.74) is 0.655. The Kier molecular flexibility index (Phi) is 7.98. The summed E-state index contributed by atoms with van der Waals surface area (Å²) in [6.45, 7) is 4.22. The van der Waals surface area contributed by atoms with E-state index in [0.29, 0.717) is 36.0 Å². The van der Waals surface area contributed by atoms with Crippen LogP contribution in [0.15, 0.2) is 64.2 Å². The summed E-state index contributed by atoms with van der Waals surface area (Å²) in [6.07, 6.45) is 1.51. The fourth-order valence-corrected chi connectivity index (χ4v) is 6.27. The molecule has 0 unspecified atom stereocenters. The number of amides is 1. The zero-order chi connectivity index (χ0) is 26.6. The molecule has 2 aromatic rings. The Bertz CT molecular complexity index is 1400. The van der Waals surface area contributed by atoms with Crippen LogP contribution in [-0.2, 0) is 14.6 Å². The van der Waals surface area contributed by atoms with Gasteiger partial charge in [-0.25, -0.2) is 8.42 Å². The van der Waals surface area contributed by atoms with E-state index in [1.165, 1.54) is 6.08 Å². The van der Waals surface area contributed by atoms with Crippen molar-refractivity contribution in [2.24, 2.45) is 16.0 Å². The van der Waals surface area contributed by atoms with E-state index < -0.39 is 15.7 Å². The highest BCUT2D eigenvalue weighted by molar-refractivity contribution is 8.42. The highest BCUT2D eigenvalue weighted by Crippen LogP contribution is 2.31. The van der Waals surface area contributed by atoms with E-state index in [4.69, 9.17) is 19.6 Å². The molecule has 2 aromatic carbocycles. The van der Waals surface area contributed by atoms with Gasteiger partial charge in [-0.05, 0) is 53.6 Å². The number of hydrogen-bond donors (Lipinski definition) is 1. The predicted octanol–water partition coefficient (Wildman–Crippen LogP) is 3.80. The third-order valence-electron chi connectivity index (χ3n) is 5.12. The first-order valence-electron chi connectivity index (χ1n) is 11.4. The number of hydrogen-bond acceptors (Lipinski definition) is 9. The van der Waals surface area contributed by atoms with Gasteiger partial charge in [0.05, 0.1) is 18.4 Å². The van der Waals surface area contributed by atoms with Gasteiger partial charge >= 0.3 is 0 Å². The smallest absolute Gasteiger partial charge is 0.283 e. The Labute approximate surface area is 219 Å². The van der Waals surface area contributed by atoms with E-state index in [2.05, 4.69) is 10.1 Å². The number of methoxy groups -OCH3 is 1. The van der Waals surface area contributed by atoms with Crippen LogP contribution >= 0.6 is 11.8 Å². The summed E-state index contributed by atoms with van der Waals surface area (Å²) in [4.78, 5) is 16.6. The van der Waals surface area contributed by atoms with Crippen LogP contribution in [0.3, 0.4) is 0 Å². The number of hydrazone groups is 1. The number of aliphatic imine (C=N–C) groups is 1. The first-order chi connectivity index (χ1) is 17.7. The topological polar surface area (TPSA) is 131 Å². The van der Waals surface area contributed by atoms with Crippen LogP contribution in [-0.4, -0.2) is 60.8 Å². The number of ether oxygens (including phenoxy) is 3. The zero-order valence-electron chi connectivity index (χ0n) is 20.5. The first-order valence-corrected chi connectivity index (χ1v) is 13.9. The summed E-state index contributed by atoms with van der Waals surface area (Å²) >= 11 is 0.787. The zero-order valence-corrected chi connectivity index (χ0v) is 22.1. The predicted molar refractivity (Wildman–Crippen MR) is 144 cm³/mol. The number of carbonyl (C=O) groups is 1. The highest BCUT2D eigenvalue weighted by atomic mass is 32.3. The van der Waals surface area contributed by atoms with E-state index in [9.17, 15) is 13.2 Å². The SMILES string of the molecule is COc1ccccc1OCCOc1ccc(/C=C2/C(=N)N3N=C(S(=O)(=O)CC(C)C)SC3=NC2=O)cc1. The van der Waals surface area contributed by atoms with Gasteiger partial charge in [-0.15, -0.1) is 5.10 Å². The summed E-state index contributed by atoms with van der Waals surface area (Å²) in [7, 11) is -2.06. The number of sulfone groups is 1. The molecule has 0 fully saturated rings. The van der Waals surface area contributed by atoms with Crippen LogP contribution in [0.1, 0.15) is 19.4 Å². The van der Waals surface area contributed by atoms with Crippen molar-refractivity contribution >= 4 is 49.0 Å². The number of para-hydroxylation sites is 2. The summed E-state index contributed by atoms with van der Waals surface area (Å²) in [5, 5.41) is 13.7. The van der Waals surface area contributed by atoms with Crippen LogP contribution in [0, 0.1) is 11.3 Å². The molecule has 1 amide bonds. The lowest BCUT2D eigenvalue weighted by atomic mass is 10.1. The molecule has 2 aliphatic heterocycles. The maximum absolute atomic E-state index is 12.6. The van der Waals surface area contributed by atoms with E-state index in [1.807, 2.05) is 24.3 Å². The fraction of sp³-hybridized carbons (Fsp3) is 0.280. The van der Waals surface area contributed by atoms with Crippen molar-refractivity contribution in [2.45, 2.75) is 13.8 Å². The monoisotopic (exact) mass is 542 g/mol. The molecule has 0 bridgehead atoms. The van der Waals surface area contributed by atoms with E-state index in [0.717, 1.165) is 16.8 Å². The van der Waals surface area contributed by atoms with Crippen LogP contribution in [0.4, 0.5) is 0 Å². The molecule has 10 nitrogen and oxygen atoms in total. The molecule has 194 valence electrons. The van der Waals surface area contributed by atoms with Crippen LogP contribution in [0.5, 0.6) is 17.2 Å². The molecule has 2 aliphatic rings. The number of thioether (sulfide) groups is 1. The maximum atomic E-state index is 12.6. The van der Waals surface area contributed by atoms with Crippen molar-refractivity contribution in [1.82, 2.24) is 5.01 Å². The second-order valence-electron chi connectivity index (χ2n) is 8.48. The summed E-state index contributed by atoms with van der Waals surface area (Å²) in [5.74, 6) is 0.858. The van der Waals surface area contributed by atoms with Crippen molar-refractivity contribution in [1.29, 1.82) is 5.41 Å². The Morgan fingerprint density at radius 1 is 1.05 bits per heavy atom. The van der Waals surface area contributed by atoms with Gasteiger partial charge < -0.3 is 14.2 Å². The van der Waals surface area contributed by atoms with Gasteiger partial charge in [0.2, 0.25) is 19.4 Å². The van der Waals surface area contributed by atoms with Gasteiger partial charge in [-0.2, -0.15) is 10.0 Å². The van der Waals surface area contributed by atoms with Crippen molar-refractivity contribution in [3.8, 4) is 17.2 Å². The Balaban J connectivity index is 1.39. The largest absolute Gasteiger partial charge is 0.493 e. The van der Waals surface area contributed by atoms with Gasteiger partial charge in [0.1, 0.15) is 19.0 Å². The maximum Gasteiger partial charge on any atom is 0.283 e. The lowest BCUT2D eigenvalue weighted by Crippen LogP contribution is -2.35. The van der Waals surface area contributed by atoms with E-state index in [1.54, 1.807) is 45.2 Å². The third-order valence-corrected chi connectivity index (χ3v) is 8.56. The van der Waals surface area contributed by atoms with Gasteiger partial charge in [-0.3, -0.25) is 10.2 Å². The van der Waals surface area contributed by atoms with Crippen LogP contribution in [0.2, 0.25) is 0 Å². The van der Waals surface area contributed by atoms with Crippen molar-refractivity contribution in [3.63, 3.8) is 0 Å². The number of carbonyl (C=O) groups excluding carboxylic acids is 1. The molecule has 0 spiro atoms. The van der Waals surface area contributed by atoms with Gasteiger partial charge in [0.15, 0.2) is 17.3 Å². The quantitative estimate of drug-likeness (QED) is 0.374. The molecule has 0 aliphatic carbocycles. The first kappa shape index (κ1) is 26.4. The van der Waals surface area contributed by atoms with Gasteiger partial charge in [0.25, 0.3) is 5.91 Å². The fourth-order valence-electron chi connectivity index (χ4n) is 3.49. The number of amidine groups is 2. The molecule has 12 heteroatoms. The average Bonchev–Trinajstić information content (AvgIpc) is 3.30. The molecule has 2 heterocycles. The number of nitrogens with zero attached hydrogens (tertiary/aromatic N) is 3. The standard InChI is InChI=1S/C25H26N4O6S2/c1-16(2)15-37(31,32)25-28-29-22(26)19(23(30)27-24(29)36-25)14-17-8-10-18(11-9-17)34-12-13-35-21-7-5-4-6-20(21)33-3/h4-11,14,16,26H,12-13,15H2,1-3H3/b19-14-,26-22?. The summed E-state index contributed by atoms with van der Waals surface area (Å²) < 4.78 is 41.6. The minimum atomic E-state index is -3.63. The van der Waals surface area contributed by atoms with Crippen molar-refractivity contribution in [2.75, 3.05) is 26.1 Å². The minimum Gasteiger partial charge on any atom is -0.493 e. The lowest BCUT2D eigenvalue weighted by Gasteiger charge is -2.20. The molecule has 0 saturated heterocycles. The molecule has 37 heavy (non-hydrogen) atoms. The Morgan fingerprint density at radius 2 is 1.73 bits per heavy atom. The molecule has 0 aromatic heterocycles. The normalized spacial score (nSPS) is 16.5. The molecule has 0 saturated carbocycles. The Morgan fingerprint density at radius 3 is 2.41 bits per heavy atom. The van der Waals surface area contributed by atoms with Crippen molar-refractivity contribution in [3.05, 3.63) is 59.7 Å². The second-order valence-corrected chi connectivity index (χ2v) is 11.6. The molecular formula is C25H26N4O6S2.